The summed E-state index contributed by atoms with van der Waals surface area (Å²) >= 11 is 0. The SMILES string of the molecule is Cc1nnc(N2CC(C)C(C(=O)O)C2)nc1C. The molecule has 1 saturated heterocycles. The summed E-state index contributed by atoms with van der Waals surface area (Å²) < 4.78 is 0. The van der Waals surface area contributed by atoms with Crippen LogP contribution in [-0.4, -0.2) is 39.3 Å². The Bertz CT molecular complexity index is 449. The number of carbonyl (C=O) groups is 1. The van der Waals surface area contributed by atoms with Crippen molar-refractivity contribution in [3.8, 4) is 0 Å². The van der Waals surface area contributed by atoms with Crippen molar-refractivity contribution in [3.05, 3.63) is 11.4 Å². The van der Waals surface area contributed by atoms with Crippen molar-refractivity contribution < 1.29 is 9.90 Å². The molecule has 0 radical (unpaired) electrons. The largest absolute Gasteiger partial charge is 0.481 e. The normalized spacial score (nSPS) is 24.1. The molecule has 0 saturated carbocycles. The van der Waals surface area contributed by atoms with Gasteiger partial charge in [-0.3, -0.25) is 4.79 Å². The fourth-order valence-electron chi connectivity index (χ4n) is 2.03. The standard InChI is InChI=1S/C11H16N4O2/c1-6-4-15(5-9(6)10(16)17)11-12-7(2)8(3)13-14-11/h6,9H,4-5H2,1-3H3,(H,16,17). The van der Waals surface area contributed by atoms with E-state index in [2.05, 4.69) is 15.2 Å². The van der Waals surface area contributed by atoms with Crippen molar-refractivity contribution in [2.75, 3.05) is 18.0 Å². The molecule has 1 N–H and O–H groups in total. The van der Waals surface area contributed by atoms with Crippen LogP contribution in [0.5, 0.6) is 0 Å². The molecule has 0 spiro atoms. The maximum Gasteiger partial charge on any atom is 0.308 e. The first-order valence-corrected chi connectivity index (χ1v) is 5.64. The van der Waals surface area contributed by atoms with Crippen molar-refractivity contribution in [2.45, 2.75) is 20.8 Å². The number of aliphatic carboxylic acids is 1. The summed E-state index contributed by atoms with van der Waals surface area (Å²) in [6.45, 7) is 6.79. The molecule has 1 aromatic rings. The number of carboxylic acid groups (broad SMARTS) is 1. The van der Waals surface area contributed by atoms with Crippen LogP contribution in [0.1, 0.15) is 18.3 Å². The van der Waals surface area contributed by atoms with Gasteiger partial charge in [-0.05, 0) is 19.8 Å². The van der Waals surface area contributed by atoms with E-state index in [0.29, 0.717) is 19.0 Å². The van der Waals surface area contributed by atoms with Crippen LogP contribution in [-0.2, 0) is 4.79 Å². The molecule has 0 amide bonds. The van der Waals surface area contributed by atoms with Crippen molar-refractivity contribution in [3.63, 3.8) is 0 Å². The number of rotatable bonds is 2. The summed E-state index contributed by atoms with van der Waals surface area (Å²) in [6.07, 6.45) is 0. The third-order valence-electron chi connectivity index (χ3n) is 3.29. The number of anilines is 1. The zero-order valence-corrected chi connectivity index (χ0v) is 10.2. The van der Waals surface area contributed by atoms with E-state index in [0.717, 1.165) is 11.4 Å². The lowest BCUT2D eigenvalue weighted by Gasteiger charge is -2.15. The highest BCUT2D eigenvalue weighted by molar-refractivity contribution is 5.72. The molecule has 2 unspecified atom stereocenters. The molecule has 17 heavy (non-hydrogen) atoms. The van der Waals surface area contributed by atoms with Gasteiger partial charge in [0.25, 0.3) is 0 Å². The van der Waals surface area contributed by atoms with Crippen LogP contribution in [0.4, 0.5) is 5.95 Å². The smallest absolute Gasteiger partial charge is 0.308 e. The van der Waals surface area contributed by atoms with Crippen molar-refractivity contribution in [1.82, 2.24) is 15.2 Å². The van der Waals surface area contributed by atoms with Crippen LogP contribution in [0.25, 0.3) is 0 Å². The molecule has 2 rings (SSSR count). The highest BCUT2D eigenvalue weighted by atomic mass is 16.4. The average molecular weight is 236 g/mol. The molecule has 2 atom stereocenters. The first-order chi connectivity index (χ1) is 7.99. The molecular weight excluding hydrogens is 220 g/mol. The maximum atomic E-state index is 11.0. The predicted octanol–water partition coefficient (Wildman–Crippen LogP) is 0.645. The van der Waals surface area contributed by atoms with Crippen molar-refractivity contribution in [1.29, 1.82) is 0 Å². The van der Waals surface area contributed by atoms with E-state index in [-0.39, 0.29) is 11.8 Å². The Morgan fingerprint density at radius 3 is 2.53 bits per heavy atom. The number of aryl methyl sites for hydroxylation is 2. The lowest BCUT2D eigenvalue weighted by molar-refractivity contribution is -0.142. The van der Waals surface area contributed by atoms with Gasteiger partial charge in [-0.2, -0.15) is 5.10 Å². The van der Waals surface area contributed by atoms with Gasteiger partial charge in [0.05, 0.1) is 17.3 Å². The molecule has 6 heteroatoms. The van der Waals surface area contributed by atoms with E-state index in [9.17, 15) is 4.79 Å². The number of aromatic nitrogens is 3. The quantitative estimate of drug-likeness (QED) is 0.812. The highest BCUT2D eigenvalue weighted by Crippen LogP contribution is 2.25. The first-order valence-electron chi connectivity index (χ1n) is 5.64. The van der Waals surface area contributed by atoms with Crippen LogP contribution in [0.2, 0.25) is 0 Å². The third kappa shape index (κ3) is 2.20. The Kier molecular flexibility index (Phi) is 2.95. The Morgan fingerprint density at radius 1 is 1.29 bits per heavy atom. The summed E-state index contributed by atoms with van der Waals surface area (Å²) in [4.78, 5) is 17.3. The van der Waals surface area contributed by atoms with Gasteiger partial charge < -0.3 is 10.0 Å². The zero-order chi connectivity index (χ0) is 12.6. The fraction of sp³-hybridized carbons (Fsp3) is 0.636. The summed E-state index contributed by atoms with van der Waals surface area (Å²) in [5.74, 6) is -0.460. The highest BCUT2D eigenvalue weighted by Gasteiger charge is 2.36. The maximum absolute atomic E-state index is 11.0. The minimum Gasteiger partial charge on any atom is -0.481 e. The van der Waals surface area contributed by atoms with Gasteiger partial charge in [-0.1, -0.05) is 6.92 Å². The molecule has 6 nitrogen and oxygen atoms in total. The topological polar surface area (TPSA) is 79.2 Å². The molecule has 1 fully saturated rings. The van der Waals surface area contributed by atoms with E-state index in [1.165, 1.54) is 0 Å². The Hall–Kier alpha value is -1.72. The number of hydrogen-bond donors (Lipinski definition) is 1. The van der Waals surface area contributed by atoms with Crippen LogP contribution in [0, 0.1) is 25.7 Å². The Labute approximate surface area is 99.7 Å². The van der Waals surface area contributed by atoms with Gasteiger partial charge in [-0.15, -0.1) is 5.10 Å². The molecule has 92 valence electrons. The third-order valence-corrected chi connectivity index (χ3v) is 3.29. The average Bonchev–Trinajstić information content (AvgIpc) is 2.64. The van der Waals surface area contributed by atoms with Gasteiger partial charge in [0, 0.05) is 13.1 Å². The number of carboxylic acids is 1. The Morgan fingerprint density at radius 2 is 2.00 bits per heavy atom. The van der Waals surface area contributed by atoms with E-state index in [4.69, 9.17) is 5.11 Å². The van der Waals surface area contributed by atoms with Gasteiger partial charge in [0.15, 0.2) is 0 Å². The second-order valence-electron chi connectivity index (χ2n) is 4.61. The van der Waals surface area contributed by atoms with E-state index in [1.807, 2.05) is 25.7 Å². The first kappa shape index (κ1) is 11.8. The molecule has 0 bridgehead atoms. The molecule has 1 aliphatic rings. The molecule has 0 aliphatic carbocycles. The van der Waals surface area contributed by atoms with Crippen LogP contribution >= 0.6 is 0 Å². The second kappa shape index (κ2) is 4.27. The molecule has 2 heterocycles. The minimum atomic E-state index is -0.753. The van der Waals surface area contributed by atoms with Gasteiger partial charge in [0.1, 0.15) is 0 Å². The number of nitrogens with zero attached hydrogens (tertiary/aromatic N) is 4. The van der Waals surface area contributed by atoms with E-state index < -0.39 is 5.97 Å². The molecular formula is C11H16N4O2. The summed E-state index contributed by atoms with van der Waals surface area (Å²) in [5.41, 5.74) is 1.64. The van der Waals surface area contributed by atoms with E-state index >= 15 is 0 Å². The lowest BCUT2D eigenvalue weighted by atomic mass is 9.99. The van der Waals surface area contributed by atoms with Gasteiger partial charge in [0.2, 0.25) is 5.95 Å². The molecule has 1 aromatic heterocycles. The summed E-state index contributed by atoms with van der Waals surface area (Å²) in [6, 6.07) is 0. The monoisotopic (exact) mass is 236 g/mol. The van der Waals surface area contributed by atoms with Gasteiger partial charge in [-0.25, -0.2) is 4.98 Å². The fourth-order valence-corrected chi connectivity index (χ4v) is 2.03. The van der Waals surface area contributed by atoms with Crippen LogP contribution in [0.3, 0.4) is 0 Å². The van der Waals surface area contributed by atoms with Crippen molar-refractivity contribution in [2.24, 2.45) is 11.8 Å². The van der Waals surface area contributed by atoms with Crippen LogP contribution in [0.15, 0.2) is 0 Å². The van der Waals surface area contributed by atoms with Crippen LogP contribution < -0.4 is 4.90 Å². The van der Waals surface area contributed by atoms with E-state index in [1.54, 1.807) is 0 Å². The summed E-state index contributed by atoms with van der Waals surface area (Å²) in [5, 5.41) is 17.1. The lowest BCUT2D eigenvalue weighted by Crippen LogP contribution is -2.25. The predicted molar refractivity (Wildman–Crippen MR) is 61.8 cm³/mol. The minimum absolute atomic E-state index is 0.109. The van der Waals surface area contributed by atoms with Gasteiger partial charge >= 0.3 is 5.97 Å². The second-order valence-corrected chi connectivity index (χ2v) is 4.61. The summed E-state index contributed by atoms with van der Waals surface area (Å²) in [7, 11) is 0. The number of hydrogen-bond acceptors (Lipinski definition) is 5. The molecule has 0 aromatic carbocycles. The zero-order valence-electron chi connectivity index (χ0n) is 10.2. The molecule has 1 aliphatic heterocycles. The van der Waals surface area contributed by atoms with Crippen molar-refractivity contribution >= 4 is 11.9 Å². The Balaban J connectivity index is 2.19.